The molecule has 2 unspecified atom stereocenters. The second kappa shape index (κ2) is 8.96. The first-order valence-electron chi connectivity index (χ1n) is 10.6. The topological polar surface area (TPSA) is 88.1 Å². The molecule has 3 aromatic carbocycles. The number of amides is 2. The Morgan fingerprint density at radius 1 is 1.00 bits per heavy atom. The molecule has 0 aliphatic carbocycles. The summed E-state index contributed by atoms with van der Waals surface area (Å²) in [6, 6.07) is 21.2. The predicted molar refractivity (Wildman–Crippen MR) is 123 cm³/mol. The quantitative estimate of drug-likeness (QED) is 0.581. The van der Waals surface area contributed by atoms with E-state index in [1.54, 1.807) is 0 Å². The number of nitrogens with zero attached hydrogens (tertiary/aromatic N) is 1. The van der Waals surface area contributed by atoms with Crippen LogP contribution in [0.15, 0.2) is 72.8 Å². The molecule has 3 aromatic rings. The fourth-order valence-electron chi connectivity index (χ4n) is 4.10. The normalized spacial score (nSPS) is 17.9. The zero-order valence-electron chi connectivity index (χ0n) is 18.7. The smallest absolute Gasteiger partial charge is 0.278 e. The number of methoxy groups -OCH3 is 2. The molecule has 0 saturated carbocycles. The Bertz CT molecular complexity index is 1170. The monoisotopic (exact) mass is 446 g/mol. The third kappa shape index (κ3) is 3.91. The fraction of sp³-hybridized carbons (Fsp3) is 0.231. The number of aliphatic hydroxyl groups is 1. The van der Waals surface area contributed by atoms with Gasteiger partial charge in [0.15, 0.2) is 11.5 Å². The summed E-state index contributed by atoms with van der Waals surface area (Å²) in [5, 5.41) is 14.7. The maximum Gasteiger partial charge on any atom is 0.278 e. The molecule has 0 aromatic heterocycles. The number of benzene rings is 3. The van der Waals surface area contributed by atoms with Crippen molar-refractivity contribution in [2.24, 2.45) is 0 Å². The van der Waals surface area contributed by atoms with E-state index in [2.05, 4.69) is 5.32 Å². The standard InChI is InChI=1S/C26H26N2O5/c1-17(19-12-8-5-9-13-19)27-25(30)26(31)21-15-23(33-3)22(32-2)14-20(21)24(29)28(26)16-18-10-6-4-7-11-18/h4-15,17,31H,16H2,1-3H3,(H,27,30). The maximum atomic E-state index is 13.6. The van der Waals surface area contributed by atoms with E-state index in [-0.39, 0.29) is 23.7 Å². The largest absolute Gasteiger partial charge is 0.493 e. The molecule has 2 atom stereocenters. The molecule has 0 saturated heterocycles. The first-order valence-corrected chi connectivity index (χ1v) is 10.6. The molecule has 1 aliphatic rings. The molecule has 1 aliphatic heterocycles. The SMILES string of the molecule is COc1cc2c(cc1OC)C(O)(C(=O)NC(C)c1ccccc1)N(Cc1ccccc1)C2=O. The average molecular weight is 447 g/mol. The number of hydrogen-bond acceptors (Lipinski definition) is 5. The molecule has 4 rings (SSSR count). The number of fused-ring (bicyclic) bond motifs is 1. The van der Waals surface area contributed by atoms with Gasteiger partial charge in [0.25, 0.3) is 11.8 Å². The summed E-state index contributed by atoms with van der Waals surface area (Å²) in [5.41, 5.74) is -0.238. The minimum Gasteiger partial charge on any atom is -0.493 e. The van der Waals surface area contributed by atoms with Crippen molar-refractivity contribution in [1.29, 1.82) is 0 Å². The molecule has 2 amide bonds. The van der Waals surface area contributed by atoms with E-state index in [0.717, 1.165) is 11.1 Å². The van der Waals surface area contributed by atoms with E-state index in [1.807, 2.05) is 67.6 Å². The number of hydrogen-bond donors (Lipinski definition) is 2. The van der Waals surface area contributed by atoms with Crippen LogP contribution in [0.25, 0.3) is 0 Å². The molecule has 0 spiro atoms. The van der Waals surface area contributed by atoms with Gasteiger partial charge in [-0.3, -0.25) is 14.5 Å². The van der Waals surface area contributed by atoms with E-state index in [4.69, 9.17) is 9.47 Å². The van der Waals surface area contributed by atoms with Crippen molar-refractivity contribution < 1.29 is 24.2 Å². The first kappa shape index (κ1) is 22.4. The van der Waals surface area contributed by atoms with E-state index >= 15 is 0 Å². The Labute approximate surface area is 192 Å². The average Bonchev–Trinajstić information content (AvgIpc) is 3.06. The minimum absolute atomic E-state index is 0.0443. The summed E-state index contributed by atoms with van der Waals surface area (Å²) in [7, 11) is 2.92. The molecule has 0 radical (unpaired) electrons. The van der Waals surface area contributed by atoms with Gasteiger partial charge in [-0.25, -0.2) is 0 Å². The zero-order chi connectivity index (χ0) is 23.6. The van der Waals surface area contributed by atoms with E-state index in [9.17, 15) is 14.7 Å². The van der Waals surface area contributed by atoms with Crippen LogP contribution in [0.4, 0.5) is 0 Å². The molecule has 7 nitrogen and oxygen atoms in total. The third-order valence-electron chi connectivity index (χ3n) is 5.91. The van der Waals surface area contributed by atoms with Gasteiger partial charge in [-0.2, -0.15) is 0 Å². The highest BCUT2D eigenvalue weighted by Crippen LogP contribution is 2.44. The highest BCUT2D eigenvalue weighted by atomic mass is 16.5. The van der Waals surface area contributed by atoms with Gasteiger partial charge in [0.05, 0.1) is 25.8 Å². The molecule has 7 heteroatoms. The summed E-state index contributed by atoms with van der Waals surface area (Å²) >= 11 is 0. The van der Waals surface area contributed by atoms with E-state index in [0.29, 0.717) is 11.5 Å². The summed E-state index contributed by atoms with van der Waals surface area (Å²) in [5.74, 6) is -0.520. The van der Waals surface area contributed by atoms with Crippen LogP contribution in [-0.2, 0) is 17.1 Å². The van der Waals surface area contributed by atoms with Crippen LogP contribution in [0, 0.1) is 0 Å². The number of ether oxygens (including phenoxy) is 2. The second-order valence-corrected chi connectivity index (χ2v) is 7.91. The van der Waals surface area contributed by atoms with Crippen molar-refractivity contribution in [1.82, 2.24) is 10.2 Å². The lowest BCUT2D eigenvalue weighted by Gasteiger charge is -2.34. The van der Waals surface area contributed by atoms with Crippen molar-refractivity contribution >= 4 is 11.8 Å². The lowest BCUT2D eigenvalue weighted by molar-refractivity contribution is -0.160. The van der Waals surface area contributed by atoms with Crippen molar-refractivity contribution in [2.75, 3.05) is 14.2 Å². The van der Waals surface area contributed by atoms with Gasteiger partial charge in [0.2, 0.25) is 5.72 Å². The maximum absolute atomic E-state index is 13.6. The third-order valence-corrected chi connectivity index (χ3v) is 5.91. The summed E-state index contributed by atoms with van der Waals surface area (Å²) in [4.78, 5) is 28.2. The van der Waals surface area contributed by atoms with Crippen LogP contribution in [0.1, 0.15) is 40.0 Å². The van der Waals surface area contributed by atoms with Gasteiger partial charge in [-0.05, 0) is 30.2 Å². The molecular weight excluding hydrogens is 420 g/mol. The Morgan fingerprint density at radius 2 is 1.58 bits per heavy atom. The van der Waals surface area contributed by atoms with E-state index < -0.39 is 17.5 Å². The van der Waals surface area contributed by atoms with Crippen molar-refractivity contribution in [2.45, 2.75) is 25.2 Å². The highest BCUT2D eigenvalue weighted by Gasteiger charge is 2.55. The van der Waals surface area contributed by atoms with Crippen molar-refractivity contribution in [3.05, 3.63) is 95.1 Å². The number of rotatable bonds is 7. The van der Waals surface area contributed by atoms with E-state index in [1.165, 1.54) is 31.3 Å². The van der Waals surface area contributed by atoms with Crippen LogP contribution in [0.3, 0.4) is 0 Å². The molecule has 2 N–H and O–H groups in total. The molecule has 33 heavy (non-hydrogen) atoms. The number of nitrogens with one attached hydrogen (secondary N) is 1. The Kier molecular flexibility index (Phi) is 6.07. The van der Waals surface area contributed by atoms with Gasteiger partial charge in [0.1, 0.15) is 0 Å². The molecule has 1 heterocycles. The van der Waals surface area contributed by atoms with Crippen LogP contribution >= 0.6 is 0 Å². The van der Waals surface area contributed by atoms with Crippen LogP contribution < -0.4 is 14.8 Å². The number of carbonyl (C=O) groups excluding carboxylic acids is 2. The predicted octanol–water partition coefficient (Wildman–Crippen LogP) is 3.38. The van der Waals surface area contributed by atoms with Gasteiger partial charge < -0.3 is 19.9 Å². The minimum atomic E-state index is -2.23. The first-order chi connectivity index (χ1) is 15.9. The van der Waals surface area contributed by atoms with Crippen LogP contribution in [0.5, 0.6) is 11.5 Å². The summed E-state index contributed by atoms with van der Waals surface area (Å²) in [6.07, 6.45) is 0. The summed E-state index contributed by atoms with van der Waals surface area (Å²) < 4.78 is 10.7. The molecule has 170 valence electrons. The van der Waals surface area contributed by atoms with Crippen LogP contribution in [-0.4, -0.2) is 36.0 Å². The van der Waals surface area contributed by atoms with Crippen molar-refractivity contribution in [3.8, 4) is 11.5 Å². The van der Waals surface area contributed by atoms with Crippen LogP contribution in [0.2, 0.25) is 0 Å². The molecular formula is C26H26N2O5. The Hall–Kier alpha value is -3.84. The lowest BCUT2D eigenvalue weighted by atomic mass is 9.98. The fourth-order valence-corrected chi connectivity index (χ4v) is 4.10. The Morgan fingerprint density at radius 3 is 2.18 bits per heavy atom. The van der Waals surface area contributed by atoms with Gasteiger partial charge in [-0.15, -0.1) is 0 Å². The second-order valence-electron chi connectivity index (χ2n) is 7.91. The number of carbonyl (C=O) groups is 2. The highest BCUT2D eigenvalue weighted by molar-refractivity contribution is 6.06. The van der Waals surface area contributed by atoms with Gasteiger partial charge in [0, 0.05) is 12.1 Å². The summed E-state index contributed by atoms with van der Waals surface area (Å²) in [6.45, 7) is 1.87. The molecule has 0 fully saturated rings. The zero-order valence-corrected chi connectivity index (χ0v) is 18.7. The lowest BCUT2D eigenvalue weighted by Crippen LogP contribution is -2.54. The Balaban J connectivity index is 1.78. The molecule has 0 bridgehead atoms. The van der Waals surface area contributed by atoms with Gasteiger partial charge >= 0.3 is 0 Å². The van der Waals surface area contributed by atoms with Crippen molar-refractivity contribution in [3.63, 3.8) is 0 Å². The van der Waals surface area contributed by atoms with Gasteiger partial charge in [-0.1, -0.05) is 60.7 Å².